The fourth-order valence-corrected chi connectivity index (χ4v) is 2.01. The molecule has 0 spiro atoms. The van der Waals surface area contributed by atoms with E-state index in [0.29, 0.717) is 0 Å². The zero-order chi connectivity index (χ0) is 17.1. The molecule has 1 N–H and O–H groups in total. The van der Waals surface area contributed by atoms with Crippen LogP contribution >= 0.6 is 11.6 Å². The Morgan fingerprint density at radius 2 is 2.22 bits per heavy atom. The highest BCUT2D eigenvalue weighted by Gasteiger charge is 2.25. The molecule has 1 aromatic carbocycles. The van der Waals surface area contributed by atoms with Crippen molar-refractivity contribution < 1.29 is 23.2 Å². The van der Waals surface area contributed by atoms with E-state index in [4.69, 9.17) is 11.6 Å². The summed E-state index contributed by atoms with van der Waals surface area (Å²) in [5.74, 6) is -1.05. The summed E-state index contributed by atoms with van der Waals surface area (Å²) < 4.78 is 29.5. The number of rotatable bonds is 5. The molecular formula is C12H9ClF2N4O4. The largest absolute Gasteiger partial charge is 0.433 e. The van der Waals surface area contributed by atoms with Crippen LogP contribution in [0.25, 0.3) is 0 Å². The van der Waals surface area contributed by atoms with Gasteiger partial charge in [0, 0.05) is 12.7 Å². The molecule has 0 radical (unpaired) electrons. The molecular weight excluding hydrogens is 338 g/mol. The summed E-state index contributed by atoms with van der Waals surface area (Å²) in [6.45, 7) is -3.04. The molecule has 0 atom stereocenters. The highest BCUT2D eigenvalue weighted by Crippen LogP contribution is 2.29. The van der Waals surface area contributed by atoms with Gasteiger partial charge in [0.15, 0.2) is 0 Å². The Bertz CT molecular complexity index is 766. The monoisotopic (exact) mass is 346 g/mol. The summed E-state index contributed by atoms with van der Waals surface area (Å²) in [6.07, 6.45) is 0.946. The molecule has 1 heterocycles. The van der Waals surface area contributed by atoms with Gasteiger partial charge in [0.1, 0.15) is 11.9 Å². The van der Waals surface area contributed by atoms with Crippen LogP contribution < -0.4 is 10.1 Å². The first-order valence-electron chi connectivity index (χ1n) is 6.01. The highest BCUT2D eigenvalue weighted by atomic mass is 35.5. The van der Waals surface area contributed by atoms with Gasteiger partial charge in [-0.05, 0) is 18.2 Å². The highest BCUT2D eigenvalue weighted by molar-refractivity contribution is 6.32. The molecule has 0 saturated carbocycles. The van der Waals surface area contributed by atoms with Crippen molar-refractivity contribution in [1.82, 2.24) is 9.78 Å². The number of hydrogen-bond acceptors (Lipinski definition) is 5. The molecule has 2 rings (SSSR count). The number of benzene rings is 1. The average molecular weight is 347 g/mol. The van der Waals surface area contributed by atoms with Gasteiger partial charge in [-0.15, -0.1) is 0 Å². The van der Waals surface area contributed by atoms with Crippen molar-refractivity contribution in [2.75, 3.05) is 5.32 Å². The van der Waals surface area contributed by atoms with Crippen molar-refractivity contribution in [3.05, 3.63) is 45.2 Å². The molecule has 1 aromatic heterocycles. The summed E-state index contributed by atoms with van der Waals surface area (Å²) in [4.78, 5) is 22.2. The number of halogens is 3. The van der Waals surface area contributed by atoms with Gasteiger partial charge in [-0.2, -0.15) is 13.9 Å². The van der Waals surface area contributed by atoms with Gasteiger partial charge >= 0.3 is 12.3 Å². The fourth-order valence-electron chi connectivity index (χ4n) is 1.78. The first-order chi connectivity index (χ1) is 10.8. The van der Waals surface area contributed by atoms with Gasteiger partial charge in [0.05, 0.1) is 9.95 Å². The Kier molecular flexibility index (Phi) is 4.74. The van der Waals surface area contributed by atoms with Crippen molar-refractivity contribution in [2.45, 2.75) is 6.61 Å². The summed E-state index contributed by atoms with van der Waals surface area (Å²) in [7, 11) is 1.37. The quantitative estimate of drug-likeness (QED) is 0.663. The second-order valence-electron chi connectivity index (χ2n) is 4.24. The molecule has 11 heteroatoms. The number of carbonyl (C=O) groups excluding carboxylic acids is 1. The summed E-state index contributed by atoms with van der Waals surface area (Å²) in [5.41, 5.74) is -0.579. The number of nitrogens with one attached hydrogen (secondary N) is 1. The van der Waals surface area contributed by atoms with Crippen molar-refractivity contribution in [3.8, 4) is 5.75 Å². The van der Waals surface area contributed by atoms with Crippen molar-refractivity contribution >= 4 is 28.9 Å². The smallest absolute Gasteiger partial charge is 0.387 e. The SMILES string of the molecule is Cn1ncc([N+](=O)[O-])c1C(=O)Nc1ccc(OC(F)F)c(Cl)c1. The van der Waals surface area contributed by atoms with Gasteiger partial charge in [0.2, 0.25) is 5.69 Å². The number of alkyl halides is 2. The van der Waals surface area contributed by atoms with E-state index in [1.165, 1.54) is 19.2 Å². The van der Waals surface area contributed by atoms with E-state index in [9.17, 15) is 23.7 Å². The summed E-state index contributed by atoms with van der Waals surface area (Å²) in [6, 6.07) is 3.59. The Labute approximate surface area is 132 Å². The molecule has 0 saturated heterocycles. The van der Waals surface area contributed by atoms with Gasteiger partial charge in [-0.3, -0.25) is 19.6 Å². The minimum Gasteiger partial charge on any atom is -0.433 e. The molecule has 23 heavy (non-hydrogen) atoms. The lowest BCUT2D eigenvalue weighted by Crippen LogP contribution is -2.17. The Morgan fingerprint density at radius 1 is 1.52 bits per heavy atom. The number of carbonyl (C=O) groups is 1. The maximum Gasteiger partial charge on any atom is 0.387 e. The molecule has 0 fully saturated rings. The Morgan fingerprint density at radius 3 is 2.78 bits per heavy atom. The number of ether oxygens (including phenoxy) is 1. The van der Waals surface area contributed by atoms with Gasteiger partial charge in [-0.25, -0.2) is 0 Å². The molecule has 0 unspecified atom stereocenters. The van der Waals surface area contributed by atoms with Crippen molar-refractivity contribution in [1.29, 1.82) is 0 Å². The number of hydrogen-bond donors (Lipinski definition) is 1. The standard InChI is InChI=1S/C12H9ClF2N4O4/c1-18-10(8(5-16-18)19(21)22)11(20)17-6-2-3-9(7(13)4-6)23-12(14)15/h2-5,12H,1H3,(H,17,20). The van der Waals surface area contributed by atoms with Crippen LogP contribution in [0.15, 0.2) is 24.4 Å². The van der Waals surface area contributed by atoms with Gasteiger partial charge in [0.25, 0.3) is 5.91 Å². The molecule has 1 amide bonds. The molecule has 2 aromatic rings. The van der Waals surface area contributed by atoms with E-state index in [0.717, 1.165) is 16.9 Å². The van der Waals surface area contributed by atoms with E-state index in [1.807, 2.05) is 0 Å². The Balaban J connectivity index is 2.23. The lowest BCUT2D eigenvalue weighted by molar-refractivity contribution is -0.385. The number of aromatic nitrogens is 2. The van der Waals surface area contributed by atoms with Gasteiger partial charge in [-0.1, -0.05) is 11.6 Å². The minimum atomic E-state index is -3.04. The van der Waals surface area contributed by atoms with Crippen LogP contribution in [0.5, 0.6) is 5.75 Å². The molecule has 0 aliphatic carbocycles. The summed E-state index contributed by atoms with van der Waals surface area (Å²) in [5, 5.41) is 16.7. The molecule has 8 nitrogen and oxygen atoms in total. The van der Waals surface area contributed by atoms with Crippen molar-refractivity contribution in [2.24, 2.45) is 7.05 Å². The number of aryl methyl sites for hydroxylation is 1. The van der Waals surface area contributed by atoms with Crippen LogP contribution in [0.1, 0.15) is 10.5 Å². The zero-order valence-electron chi connectivity index (χ0n) is 11.5. The van der Waals surface area contributed by atoms with Crippen LogP contribution in [-0.4, -0.2) is 27.2 Å². The second kappa shape index (κ2) is 6.57. The van der Waals surface area contributed by atoms with E-state index in [2.05, 4.69) is 15.2 Å². The van der Waals surface area contributed by atoms with Gasteiger partial charge < -0.3 is 10.1 Å². The normalized spacial score (nSPS) is 10.7. The maximum atomic E-state index is 12.1. The topological polar surface area (TPSA) is 99.3 Å². The number of anilines is 1. The predicted octanol–water partition coefficient (Wildman–Crippen LogP) is 2.84. The number of amides is 1. The number of nitrogens with zero attached hydrogens (tertiary/aromatic N) is 3. The van der Waals surface area contributed by atoms with Crippen LogP contribution in [0, 0.1) is 10.1 Å². The van der Waals surface area contributed by atoms with Crippen LogP contribution in [0.4, 0.5) is 20.2 Å². The second-order valence-corrected chi connectivity index (χ2v) is 4.64. The predicted molar refractivity (Wildman–Crippen MR) is 75.9 cm³/mol. The Hall–Kier alpha value is -2.75. The maximum absolute atomic E-state index is 12.1. The van der Waals surface area contributed by atoms with Crippen LogP contribution in [0.3, 0.4) is 0 Å². The van der Waals surface area contributed by atoms with E-state index in [-0.39, 0.29) is 22.2 Å². The minimum absolute atomic E-state index is 0.150. The third-order valence-electron chi connectivity index (χ3n) is 2.74. The van der Waals surface area contributed by atoms with E-state index < -0.39 is 23.1 Å². The third-order valence-corrected chi connectivity index (χ3v) is 3.03. The molecule has 0 aliphatic rings. The van der Waals surface area contributed by atoms with Crippen molar-refractivity contribution in [3.63, 3.8) is 0 Å². The first-order valence-corrected chi connectivity index (χ1v) is 6.39. The fraction of sp³-hybridized carbons (Fsp3) is 0.167. The molecule has 0 aliphatic heterocycles. The first kappa shape index (κ1) is 16.6. The third kappa shape index (κ3) is 3.72. The summed E-state index contributed by atoms with van der Waals surface area (Å²) >= 11 is 5.76. The van der Waals surface area contributed by atoms with Crippen LogP contribution in [0.2, 0.25) is 5.02 Å². The average Bonchev–Trinajstić information content (AvgIpc) is 2.83. The zero-order valence-corrected chi connectivity index (χ0v) is 12.3. The molecule has 122 valence electrons. The van der Waals surface area contributed by atoms with E-state index in [1.54, 1.807) is 0 Å². The van der Waals surface area contributed by atoms with Crippen LogP contribution in [-0.2, 0) is 7.05 Å². The lowest BCUT2D eigenvalue weighted by atomic mass is 10.2. The lowest BCUT2D eigenvalue weighted by Gasteiger charge is -2.09. The number of nitro groups is 1. The van der Waals surface area contributed by atoms with E-state index >= 15 is 0 Å². The molecule has 0 bridgehead atoms.